The minimum Gasteiger partial charge on any atom is -0.438 e. The van der Waals surface area contributed by atoms with Crippen molar-refractivity contribution in [3.05, 3.63) is 47.7 Å². The number of aromatic nitrogens is 1. The predicted octanol–water partition coefficient (Wildman–Crippen LogP) is 3.00. The highest BCUT2D eigenvalue weighted by Gasteiger charge is 2.13. The Morgan fingerprint density at radius 2 is 2.00 bits per heavy atom. The molecule has 2 rings (SSSR count). The van der Waals surface area contributed by atoms with Crippen LogP contribution in [-0.2, 0) is 0 Å². The topological polar surface area (TPSA) is 80.7 Å². The maximum absolute atomic E-state index is 8.85. The van der Waals surface area contributed by atoms with Crippen molar-refractivity contribution in [2.75, 3.05) is 6.26 Å². The van der Waals surface area contributed by atoms with Gasteiger partial charge in [0.05, 0.1) is 5.56 Å². The number of nitrogens with two attached hydrogens (primary N) is 1. The van der Waals surface area contributed by atoms with Gasteiger partial charge in [0, 0.05) is 11.1 Å². The van der Waals surface area contributed by atoms with E-state index in [1.54, 1.807) is 24.0 Å². The normalized spacial score (nSPS) is 11.4. The van der Waals surface area contributed by atoms with Crippen molar-refractivity contribution >= 4 is 17.6 Å². The van der Waals surface area contributed by atoms with Gasteiger partial charge in [0.25, 0.3) is 0 Å². The third-order valence-corrected chi connectivity index (χ3v) is 3.51. The van der Waals surface area contributed by atoms with Crippen LogP contribution in [0.2, 0.25) is 0 Å². The molecule has 0 unspecified atom stereocenters. The lowest BCUT2D eigenvalue weighted by molar-refractivity contribution is 0.318. The van der Waals surface area contributed by atoms with E-state index in [4.69, 9.17) is 15.7 Å². The number of benzene rings is 1. The van der Waals surface area contributed by atoms with Gasteiger partial charge >= 0.3 is 0 Å². The SMILES string of the molecule is CSc1ccc(Oc2nccc(C)c2/C(N)=N/O)cc1. The van der Waals surface area contributed by atoms with E-state index in [1.807, 2.05) is 37.4 Å². The van der Waals surface area contributed by atoms with Crippen LogP contribution >= 0.6 is 11.8 Å². The largest absolute Gasteiger partial charge is 0.438 e. The van der Waals surface area contributed by atoms with E-state index >= 15 is 0 Å². The summed E-state index contributed by atoms with van der Waals surface area (Å²) in [5.41, 5.74) is 6.99. The molecule has 0 fully saturated rings. The van der Waals surface area contributed by atoms with Crippen LogP contribution in [0.15, 0.2) is 46.6 Å². The number of ether oxygens (including phenoxy) is 1. The molecule has 5 nitrogen and oxygen atoms in total. The number of oxime groups is 1. The van der Waals surface area contributed by atoms with Gasteiger partial charge in [-0.1, -0.05) is 5.16 Å². The Labute approximate surface area is 121 Å². The van der Waals surface area contributed by atoms with Crippen molar-refractivity contribution in [3.63, 3.8) is 0 Å². The van der Waals surface area contributed by atoms with E-state index in [2.05, 4.69) is 10.1 Å². The van der Waals surface area contributed by atoms with Crippen LogP contribution in [0, 0.1) is 6.92 Å². The second kappa shape index (κ2) is 6.29. The molecule has 0 atom stereocenters. The van der Waals surface area contributed by atoms with E-state index < -0.39 is 0 Å². The van der Waals surface area contributed by atoms with Gasteiger partial charge in [-0.3, -0.25) is 0 Å². The molecule has 20 heavy (non-hydrogen) atoms. The molecule has 1 aromatic heterocycles. The highest BCUT2D eigenvalue weighted by Crippen LogP contribution is 2.26. The summed E-state index contributed by atoms with van der Waals surface area (Å²) in [4.78, 5) is 5.29. The summed E-state index contributed by atoms with van der Waals surface area (Å²) in [5, 5.41) is 11.9. The molecule has 0 saturated carbocycles. The van der Waals surface area contributed by atoms with Gasteiger partial charge < -0.3 is 15.7 Å². The zero-order chi connectivity index (χ0) is 14.5. The maximum atomic E-state index is 8.85. The summed E-state index contributed by atoms with van der Waals surface area (Å²) < 4.78 is 5.72. The molecule has 0 radical (unpaired) electrons. The smallest absolute Gasteiger partial charge is 0.230 e. The molecule has 0 bridgehead atoms. The minimum atomic E-state index is -0.0219. The maximum Gasteiger partial charge on any atom is 0.230 e. The number of nitrogens with zero attached hydrogens (tertiary/aromatic N) is 2. The zero-order valence-electron chi connectivity index (χ0n) is 11.2. The molecule has 2 aromatic rings. The van der Waals surface area contributed by atoms with Crippen LogP contribution in [0.5, 0.6) is 11.6 Å². The van der Waals surface area contributed by atoms with Gasteiger partial charge in [-0.2, -0.15) is 0 Å². The number of hydrogen-bond donors (Lipinski definition) is 2. The molecular weight excluding hydrogens is 274 g/mol. The summed E-state index contributed by atoms with van der Waals surface area (Å²) in [6.45, 7) is 1.85. The molecule has 0 saturated heterocycles. The predicted molar refractivity (Wildman–Crippen MR) is 79.8 cm³/mol. The summed E-state index contributed by atoms with van der Waals surface area (Å²) in [6, 6.07) is 9.40. The Morgan fingerprint density at radius 3 is 2.60 bits per heavy atom. The quantitative estimate of drug-likeness (QED) is 0.297. The number of rotatable bonds is 4. The number of pyridine rings is 1. The number of thioether (sulfide) groups is 1. The van der Waals surface area contributed by atoms with Crippen LogP contribution < -0.4 is 10.5 Å². The van der Waals surface area contributed by atoms with Crippen molar-refractivity contribution in [2.24, 2.45) is 10.9 Å². The van der Waals surface area contributed by atoms with Crippen LogP contribution in [0.25, 0.3) is 0 Å². The molecule has 1 aromatic carbocycles. The van der Waals surface area contributed by atoms with Gasteiger partial charge in [0.1, 0.15) is 5.75 Å². The molecule has 1 heterocycles. The third-order valence-electron chi connectivity index (χ3n) is 2.76. The van der Waals surface area contributed by atoms with E-state index in [0.29, 0.717) is 17.2 Å². The van der Waals surface area contributed by atoms with E-state index in [-0.39, 0.29) is 5.84 Å². The first-order chi connectivity index (χ1) is 9.65. The fraction of sp³-hybridized carbons (Fsp3) is 0.143. The molecule has 0 aliphatic carbocycles. The van der Waals surface area contributed by atoms with E-state index in [0.717, 1.165) is 10.5 Å². The lowest BCUT2D eigenvalue weighted by atomic mass is 10.1. The van der Waals surface area contributed by atoms with E-state index in [1.165, 1.54) is 0 Å². The Bertz CT molecular complexity index is 627. The highest BCUT2D eigenvalue weighted by atomic mass is 32.2. The lowest BCUT2D eigenvalue weighted by Crippen LogP contribution is -2.16. The average molecular weight is 289 g/mol. The first-order valence-corrected chi connectivity index (χ1v) is 7.13. The van der Waals surface area contributed by atoms with Crippen molar-refractivity contribution in [2.45, 2.75) is 11.8 Å². The van der Waals surface area contributed by atoms with Crippen molar-refractivity contribution in [3.8, 4) is 11.6 Å². The Balaban J connectivity index is 2.35. The van der Waals surface area contributed by atoms with Gasteiger partial charge in [-0.05, 0) is 49.1 Å². The molecule has 6 heteroatoms. The number of aryl methyl sites for hydroxylation is 1. The summed E-state index contributed by atoms with van der Waals surface area (Å²) in [7, 11) is 0. The van der Waals surface area contributed by atoms with Crippen LogP contribution in [-0.4, -0.2) is 22.3 Å². The first kappa shape index (κ1) is 14.2. The van der Waals surface area contributed by atoms with Crippen LogP contribution in [0.3, 0.4) is 0 Å². The Morgan fingerprint density at radius 1 is 1.30 bits per heavy atom. The van der Waals surface area contributed by atoms with Gasteiger partial charge in [-0.25, -0.2) is 4.98 Å². The first-order valence-electron chi connectivity index (χ1n) is 5.91. The lowest BCUT2D eigenvalue weighted by Gasteiger charge is -2.11. The molecule has 0 aliphatic heterocycles. The van der Waals surface area contributed by atoms with Gasteiger partial charge in [0.15, 0.2) is 5.84 Å². The Hall–Kier alpha value is -2.21. The summed E-state index contributed by atoms with van der Waals surface area (Å²) in [5.74, 6) is 0.941. The summed E-state index contributed by atoms with van der Waals surface area (Å²) in [6.07, 6.45) is 3.63. The second-order valence-electron chi connectivity index (χ2n) is 4.07. The van der Waals surface area contributed by atoms with E-state index in [9.17, 15) is 0 Å². The average Bonchev–Trinajstić information content (AvgIpc) is 2.47. The molecule has 0 spiro atoms. The zero-order valence-corrected chi connectivity index (χ0v) is 12.0. The standard InChI is InChI=1S/C14H15N3O2S/c1-9-7-8-16-14(12(9)13(15)17-18)19-10-3-5-11(20-2)6-4-10/h3-8,18H,1-2H3,(H2,15,17). The summed E-state index contributed by atoms with van der Waals surface area (Å²) >= 11 is 1.65. The minimum absolute atomic E-state index is 0.0219. The van der Waals surface area contributed by atoms with Crippen molar-refractivity contribution in [1.29, 1.82) is 0 Å². The monoisotopic (exact) mass is 289 g/mol. The van der Waals surface area contributed by atoms with Crippen molar-refractivity contribution < 1.29 is 9.94 Å². The molecular formula is C14H15N3O2S. The Kier molecular flexibility index (Phi) is 4.47. The van der Waals surface area contributed by atoms with Gasteiger partial charge in [0.2, 0.25) is 5.88 Å². The number of amidine groups is 1. The fourth-order valence-electron chi connectivity index (χ4n) is 1.73. The molecule has 3 N–H and O–H groups in total. The second-order valence-corrected chi connectivity index (χ2v) is 4.95. The van der Waals surface area contributed by atoms with Crippen LogP contribution in [0.4, 0.5) is 0 Å². The molecule has 0 amide bonds. The van der Waals surface area contributed by atoms with Crippen LogP contribution in [0.1, 0.15) is 11.1 Å². The molecule has 0 aliphatic rings. The third kappa shape index (κ3) is 3.03. The fourth-order valence-corrected chi connectivity index (χ4v) is 2.14. The molecule has 104 valence electrons. The number of hydrogen-bond acceptors (Lipinski definition) is 5. The highest BCUT2D eigenvalue weighted by molar-refractivity contribution is 7.98. The van der Waals surface area contributed by atoms with Gasteiger partial charge in [-0.15, -0.1) is 11.8 Å². The van der Waals surface area contributed by atoms with Crippen molar-refractivity contribution in [1.82, 2.24) is 4.98 Å².